The maximum Gasteiger partial charge on any atom is 0.251 e. The van der Waals surface area contributed by atoms with E-state index in [1.807, 2.05) is 13.0 Å². The molecular formula is C15H22N2O3. The molecule has 0 bridgehead atoms. The van der Waals surface area contributed by atoms with Gasteiger partial charge in [0.25, 0.3) is 5.91 Å². The Hall–Kier alpha value is -1.88. The summed E-state index contributed by atoms with van der Waals surface area (Å²) < 4.78 is 0. The van der Waals surface area contributed by atoms with E-state index in [1.54, 1.807) is 38.1 Å². The Balaban J connectivity index is 2.48. The molecule has 20 heavy (non-hydrogen) atoms. The van der Waals surface area contributed by atoms with Crippen LogP contribution in [0.2, 0.25) is 0 Å². The van der Waals surface area contributed by atoms with Gasteiger partial charge in [-0.3, -0.25) is 9.59 Å². The zero-order valence-corrected chi connectivity index (χ0v) is 12.1. The standard InChI is InChI=1S/C15H22N2O3/c1-4-15(3,20)10-16-13(18)11(2)17-14(19)12-8-6-5-7-9-12/h5-9,11,20H,4,10H2,1-3H3,(H,16,18)(H,17,19). The molecule has 2 unspecified atom stereocenters. The number of carbonyl (C=O) groups excluding carboxylic acids is 2. The molecule has 1 aromatic rings. The lowest BCUT2D eigenvalue weighted by Crippen LogP contribution is -2.48. The quantitative estimate of drug-likeness (QED) is 0.728. The summed E-state index contributed by atoms with van der Waals surface area (Å²) in [6, 6.07) is 8.05. The number of hydrogen-bond donors (Lipinski definition) is 3. The normalized spacial score (nSPS) is 15.0. The Labute approximate surface area is 119 Å². The molecule has 0 spiro atoms. The van der Waals surface area contributed by atoms with Gasteiger partial charge in [-0.1, -0.05) is 25.1 Å². The van der Waals surface area contributed by atoms with Crippen molar-refractivity contribution in [1.82, 2.24) is 10.6 Å². The van der Waals surface area contributed by atoms with E-state index in [0.29, 0.717) is 12.0 Å². The fourth-order valence-corrected chi connectivity index (χ4v) is 1.49. The summed E-state index contributed by atoms with van der Waals surface area (Å²) in [7, 11) is 0. The van der Waals surface area contributed by atoms with E-state index in [-0.39, 0.29) is 18.4 Å². The van der Waals surface area contributed by atoms with Crippen molar-refractivity contribution in [3.63, 3.8) is 0 Å². The van der Waals surface area contributed by atoms with Crippen molar-refractivity contribution in [3.8, 4) is 0 Å². The lowest BCUT2D eigenvalue weighted by molar-refractivity contribution is -0.123. The zero-order chi connectivity index (χ0) is 15.2. The molecule has 0 radical (unpaired) electrons. The highest BCUT2D eigenvalue weighted by molar-refractivity contribution is 5.97. The van der Waals surface area contributed by atoms with Crippen molar-refractivity contribution in [1.29, 1.82) is 0 Å². The van der Waals surface area contributed by atoms with Crippen molar-refractivity contribution < 1.29 is 14.7 Å². The van der Waals surface area contributed by atoms with Crippen LogP contribution in [0.1, 0.15) is 37.6 Å². The molecule has 110 valence electrons. The Morgan fingerprint density at radius 2 is 1.90 bits per heavy atom. The third-order valence-electron chi connectivity index (χ3n) is 3.18. The van der Waals surface area contributed by atoms with Crippen LogP contribution >= 0.6 is 0 Å². The van der Waals surface area contributed by atoms with Gasteiger partial charge in [0.2, 0.25) is 5.91 Å². The fourth-order valence-electron chi connectivity index (χ4n) is 1.49. The lowest BCUT2D eigenvalue weighted by Gasteiger charge is -2.23. The second-order valence-electron chi connectivity index (χ2n) is 5.13. The zero-order valence-electron chi connectivity index (χ0n) is 12.1. The number of hydrogen-bond acceptors (Lipinski definition) is 3. The molecule has 0 aliphatic heterocycles. The first kappa shape index (κ1) is 16.2. The van der Waals surface area contributed by atoms with Gasteiger partial charge in [0.05, 0.1) is 5.60 Å². The van der Waals surface area contributed by atoms with Gasteiger partial charge in [-0.2, -0.15) is 0 Å². The minimum absolute atomic E-state index is 0.161. The predicted octanol–water partition coefficient (Wildman–Crippen LogP) is 1.08. The first-order valence-electron chi connectivity index (χ1n) is 6.72. The average molecular weight is 278 g/mol. The molecule has 0 aromatic heterocycles. The molecule has 1 rings (SSSR count). The first-order valence-corrected chi connectivity index (χ1v) is 6.72. The summed E-state index contributed by atoms with van der Waals surface area (Å²) in [4.78, 5) is 23.7. The highest BCUT2D eigenvalue weighted by Gasteiger charge is 2.21. The van der Waals surface area contributed by atoms with Crippen LogP contribution in [0, 0.1) is 0 Å². The van der Waals surface area contributed by atoms with Gasteiger partial charge in [-0.05, 0) is 32.4 Å². The van der Waals surface area contributed by atoms with E-state index in [9.17, 15) is 14.7 Å². The van der Waals surface area contributed by atoms with Gasteiger partial charge in [-0.15, -0.1) is 0 Å². The highest BCUT2D eigenvalue weighted by atomic mass is 16.3. The van der Waals surface area contributed by atoms with E-state index >= 15 is 0 Å². The van der Waals surface area contributed by atoms with Gasteiger partial charge in [-0.25, -0.2) is 0 Å². The van der Waals surface area contributed by atoms with Crippen LogP contribution in [0.5, 0.6) is 0 Å². The van der Waals surface area contributed by atoms with Gasteiger partial charge in [0.1, 0.15) is 6.04 Å². The predicted molar refractivity (Wildman–Crippen MR) is 77.3 cm³/mol. The molecule has 0 saturated heterocycles. The molecule has 2 atom stereocenters. The van der Waals surface area contributed by atoms with Crippen molar-refractivity contribution in [2.75, 3.05) is 6.54 Å². The Morgan fingerprint density at radius 1 is 1.30 bits per heavy atom. The van der Waals surface area contributed by atoms with Crippen molar-refractivity contribution in [2.45, 2.75) is 38.8 Å². The third kappa shape index (κ3) is 5.01. The van der Waals surface area contributed by atoms with Crippen LogP contribution in [0.3, 0.4) is 0 Å². The maximum atomic E-state index is 11.9. The highest BCUT2D eigenvalue weighted by Crippen LogP contribution is 2.06. The van der Waals surface area contributed by atoms with E-state index in [2.05, 4.69) is 10.6 Å². The van der Waals surface area contributed by atoms with Gasteiger partial charge >= 0.3 is 0 Å². The molecule has 0 saturated carbocycles. The Morgan fingerprint density at radius 3 is 2.45 bits per heavy atom. The smallest absolute Gasteiger partial charge is 0.251 e. The van der Waals surface area contributed by atoms with Gasteiger partial charge in [0, 0.05) is 12.1 Å². The average Bonchev–Trinajstić information content (AvgIpc) is 2.45. The molecule has 0 aliphatic rings. The number of aliphatic hydroxyl groups is 1. The molecular weight excluding hydrogens is 256 g/mol. The SMILES string of the molecule is CCC(C)(O)CNC(=O)C(C)NC(=O)c1ccccc1. The fraction of sp³-hybridized carbons (Fsp3) is 0.467. The van der Waals surface area contributed by atoms with Crippen LogP contribution in [0.4, 0.5) is 0 Å². The number of amides is 2. The molecule has 1 aromatic carbocycles. The van der Waals surface area contributed by atoms with Gasteiger partial charge < -0.3 is 15.7 Å². The second-order valence-corrected chi connectivity index (χ2v) is 5.13. The molecule has 2 amide bonds. The minimum Gasteiger partial charge on any atom is -0.388 e. The second kappa shape index (κ2) is 7.05. The van der Waals surface area contributed by atoms with E-state index in [0.717, 1.165) is 0 Å². The van der Waals surface area contributed by atoms with Crippen LogP contribution in [0.15, 0.2) is 30.3 Å². The van der Waals surface area contributed by atoms with Crippen molar-refractivity contribution in [3.05, 3.63) is 35.9 Å². The monoisotopic (exact) mass is 278 g/mol. The summed E-state index contributed by atoms with van der Waals surface area (Å²) in [5, 5.41) is 15.1. The van der Waals surface area contributed by atoms with Crippen molar-refractivity contribution in [2.24, 2.45) is 0 Å². The first-order chi connectivity index (χ1) is 9.35. The summed E-state index contributed by atoms with van der Waals surface area (Å²) in [5.74, 6) is -0.612. The number of carbonyl (C=O) groups is 2. The summed E-state index contributed by atoms with van der Waals surface area (Å²) in [5.41, 5.74) is -0.425. The van der Waals surface area contributed by atoms with Crippen LogP contribution in [-0.4, -0.2) is 35.1 Å². The van der Waals surface area contributed by atoms with Crippen molar-refractivity contribution >= 4 is 11.8 Å². The Kier molecular flexibility index (Phi) is 5.70. The molecule has 5 heteroatoms. The van der Waals surface area contributed by atoms with Crippen LogP contribution in [0.25, 0.3) is 0 Å². The van der Waals surface area contributed by atoms with Gasteiger partial charge in [0.15, 0.2) is 0 Å². The summed E-state index contributed by atoms with van der Waals surface area (Å²) in [6.07, 6.45) is 0.540. The topological polar surface area (TPSA) is 78.4 Å². The summed E-state index contributed by atoms with van der Waals surface area (Å²) in [6.45, 7) is 5.26. The number of nitrogens with one attached hydrogen (secondary N) is 2. The van der Waals surface area contributed by atoms with E-state index in [1.165, 1.54) is 0 Å². The number of benzene rings is 1. The number of rotatable bonds is 6. The van der Waals surface area contributed by atoms with Crippen LogP contribution in [-0.2, 0) is 4.79 Å². The molecule has 0 fully saturated rings. The Bertz CT molecular complexity index is 457. The molecule has 3 N–H and O–H groups in total. The molecule has 5 nitrogen and oxygen atoms in total. The molecule has 0 aliphatic carbocycles. The van der Waals surface area contributed by atoms with Crippen LogP contribution < -0.4 is 10.6 Å². The lowest BCUT2D eigenvalue weighted by atomic mass is 10.0. The minimum atomic E-state index is -0.932. The summed E-state index contributed by atoms with van der Waals surface area (Å²) >= 11 is 0. The van der Waals surface area contributed by atoms with E-state index in [4.69, 9.17) is 0 Å². The largest absolute Gasteiger partial charge is 0.388 e. The molecule has 0 heterocycles. The maximum absolute atomic E-state index is 11.9. The third-order valence-corrected chi connectivity index (χ3v) is 3.18. The van der Waals surface area contributed by atoms with E-state index < -0.39 is 11.6 Å².